The van der Waals surface area contributed by atoms with E-state index in [1.165, 1.54) is 4.90 Å². The summed E-state index contributed by atoms with van der Waals surface area (Å²) in [5.74, 6) is 1.07. The molecule has 174 valence electrons. The average molecular weight is 457 g/mol. The van der Waals surface area contributed by atoms with Gasteiger partial charge in [-0.2, -0.15) is 0 Å². The molecule has 0 saturated carbocycles. The van der Waals surface area contributed by atoms with Crippen LogP contribution in [-0.4, -0.2) is 30.4 Å². The second kappa shape index (κ2) is 10.3. The molecule has 3 aromatic rings. The first kappa shape index (κ1) is 23.1. The highest BCUT2D eigenvalue weighted by molar-refractivity contribution is 6.36. The zero-order valence-electron chi connectivity index (χ0n) is 19.6. The van der Waals surface area contributed by atoms with Crippen molar-refractivity contribution in [2.24, 2.45) is 5.92 Å². The highest BCUT2D eigenvalue weighted by atomic mass is 16.5. The van der Waals surface area contributed by atoms with Gasteiger partial charge in [0.05, 0.1) is 25.8 Å². The predicted octanol–water partition coefficient (Wildman–Crippen LogP) is 5.12. The fourth-order valence-corrected chi connectivity index (χ4v) is 3.70. The van der Waals surface area contributed by atoms with Crippen LogP contribution < -0.4 is 14.8 Å². The monoisotopic (exact) mass is 456 g/mol. The molecule has 0 spiro atoms. The van der Waals surface area contributed by atoms with Gasteiger partial charge in [0.1, 0.15) is 17.2 Å². The van der Waals surface area contributed by atoms with Crippen LogP contribution >= 0.6 is 0 Å². The van der Waals surface area contributed by atoms with Crippen molar-refractivity contribution in [3.8, 4) is 11.5 Å². The van der Waals surface area contributed by atoms with Crippen LogP contribution in [0.3, 0.4) is 0 Å². The molecule has 34 heavy (non-hydrogen) atoms. The maximum atomic E-state index is 13.5. The van der Waals surface area contributed by atoms with Gasteiger partial charge in [-0.1, -0.05) is 62.4 Å². The van der Waals surface area contributed by atoms with Crippen molar-refractivity contribution in [3.05, 3.63) is 95.7 Å². The molecule has 0 radical (unpaired) electrons. The van der Waals surface area contributed by atoms with Crippen molar-refractivity contribution in [2.75, 3.05) is 19.0 Å². The van der Waals surface area contributed by atoms with Gasteiger partial charge in [-0.05, 0) is 41.3 Å². The zero-order valence-corrected chi connectivity index (χ0v) is 19.6. The SMILES string of the molecule is COc1cccc(NC2=C(c3ccc(OCC(C)C)cc3)C(=O)N(Cc3ccccc3)C2=O)c1. The van der Waals surface area contributed by atoms with Crippen LogP contribution in [0.5, 0.6) is 11.5 Å². The van der Waals surface area contributed by atoms with Crippen LogP contribution in [0, 0.1) is 5.92 Å². The predicted molar refractivity (Wildman–Crippen MR) is 132 cm³/mol. The molecule has 6 nitrogen and oxygen atoms in total. The Morgan fingerprint density at radius 1 is 0.853 bits per heavy atom. The van der Waals surface area contributed by atoms with Gasteiger partial charge in [0.15, 0.2) is 0 Å². The summed E-state index contributed by atoms with van der Waals surface area (Å²) < 4.78 is 11.1. The molecule has 4 rings (SSSR count). The number of imide groups is 1. The Labute approximate surface area is 199 Å². The Hall–Kier alpha value is -4.06. The third-order valence-electron chi connectivity index (χ3n) is 5.42. The second-order valence-corrected chi connectivity index (χ2v) is 8.52. The van der Waals surface area contributed by atoms with Crippen molar-refractivity contribution in [1.82, 2.24) is 4.90 Å². The number of carbonyl (C=O) groups excluding carboxylic acids is 2. The van der Waals surface area contributed by atoms with E-state index in [4.69, 9.17) is 9.47 Å². The highest BCUT2D eigenvalue weighted by Gasteiger charge is 2.39. The van der Waals surface area contributed by atoms with Gasteiger partial charge in [0, 0.05) is 11.8 Å². The van der Waals surface area contributed by atoms with Crippen molar-refractivity contribution in [1.29, 1.82) is 0 Å². The van der Waals surface area contributed by atoms with Gasteiger partial charge in [-0.25, -0.2) is 0 Å². The summed E-state index contributed by atoms with van der Waals surface area (Å²) >= 11 is 0. The van der Waals surface area contributed by atoms with E-state index in [9.17, 15) is 9.59 Å². The standard InChI is InChI=1S/C28H28N2O4/c1-19(2)18-34-23-14-12-21(13-15-23)25-26(29-22-10-7-11-24(16-22)33-3)28(32)30(27(25)31)17-20-8-5-4-6-9-20/h4-16,19,29H,17-18H2,1-3H3. The molecular formula is C28H28N2O4. The Bertz CT molecular complexity index is 1200. The van der Waals surface area contributed by atoms with E-state index in [-0.39, 0.29) is 24.1 Å². The van der Waals surface area contributed by atoms with Crippen molar-refractivity contribution in [2.45, 2.75) is 20.4 Å². The Balaban J connectivity index is 1.69. The molecule has 0 unspecified atom stereocenters. The molecule has 0 aliphatic carbocycles. The van der Waals surface area contributed by atoms with E-state index in [1.54, 1.807) is 13.2 Å². The lowest BCUT2D eigenvalue weighted by Crippen LogP contribution is -2.31. The van der Waals surface area contributed by atoms with Crippen LogP contribution in [0.15, 0.2) is 84.6 Å². The number of carbonyl (C=O) groups is 2. The van der Waals surface area contributed by atoms with Crippen LogP contribution in [0.1, 0.15) is 25.0 Å². The van der Waals surface area contributed by atoms with Gasteiger partial charge in [-0.3, -0.25) is 14.5 Å². The minimum Gasteiger partial charge on any atom is -0.497 e. The zero-order chi connectivity index (χ0) is 24.1. The van der Waals surface area contributed by atoms with Crippen molar-refractivity contribution in [3.63, 3.8) is 0 Å². The van der Waals surface area contributed by atoms with Crippen molar-refractivity contribution < 1.29 is 19.1 Å². The topological polar surface area (TPSA) is 67.9 Å². The average Bonchev–Trinajstić information content (AvgIpc) is 3.08. The molecule has 6 heteroatoms. The number of hydrogen-bond donors (Lipinski definition) is 1. The lowest BCUT2D eigenvalue weighted by molar-refractivity contribution is -0.137. The van der Waals surface area contributed by atoms with Crippen LogP contribution in [0.2, 0.25) is 0 Å². The smallest absolute Gasteiger partial charge is 0.278 e. The number of nitrogens with one attached hydrogen (secondary N) is 1. The summed E-state index contributed by atoms with van der Waals surface area (Å²) in [5.41, 5.74) is 2.76. The molecular weight excluding hydrogens is 428 g/mol. The molecule has 0 bridgehead atoms. The minimum atomic E-state index is -0.369. The molecule has 1 heterocycles. The Morgan fingerprint density at radius 3 is 2.26 bits per heavy atom. The number of benzene rings is 3. The first-order valence-electron chi connectivity index (χ1n) is 11.2. The second-order valence-electron chi connectivity index (χ2n) is 8.52. The van der Waals surface area contributed by atoms with E-state index in [0.717, 1.165) is 11.3 Å². The first-order valence-corrected chi connectivity index (χ1v) is 11.2. The number of nitrogens with zero attached hydrogens (tertiary/aromatic N) is 1. The molecule has 1 N–H and O–H groups in total. The minimum absolute atomic E-state index is 0.195. The molecule has 3 aromatic carbocycles. The van der Waals surface area contributed by atoms with Crippen molar-refractivity contribution >= 4 is 23.1 Å². The molecule has 0 aromatic heterocycles. The fraction of sp³-hybridized carbons (Fsp3) is 0.214. The molecule has 1 aliphatic heterocycles. The maximum Gasteiger partial charge on any atom is 0.278 e. The summed E-state index contributed by atoms with van der Waals surface area (Å²) in [4.78, 5) is 28.2. The Morgan fingerprint density at radius 2 is 1.59 bits per heavy atom. The number of hydrogen-bond acceptors (Lipinski definition) is 5. The van der Waals surface area contributed by atoms with E-state index in [2.05, 4.69) is 19.2 Å². The van der Waals surface area contributed by atoms with Gasteiger partial charge >= 0.3 is 0 Å². The van der Waals surface area contributed by atoms with E-state index < -0.39 is 0 Å². The summed E-state index contributed by atoms with van der Waals surface area (Å²) in [5, 5.41) is 3.17. The lowest BCUT2D eigenvalue weighted by atomic mass is 10.0. The quantitative estimate of drug-likeness (QED) is 0.453. The maximum absolute atomic E-state index is 13.5. The van der Waals surface area contributed by atoms with E-state index in [0.29, 0.717) is 35.1 Å². The van der Waals surface area contributed by atoms with Gasteiger partial charge in [0.2, 0.25) is 0 Å². The summed E-state index contributed by atoms with van der Waals surface area (Å²) in [7, 11) is 1.58. The number of methoxy groups -OCH3 is 1. The van der Waals surface area contributed by atoms with Gasteiger partial charge in [0.25, 0.3) is 11.8 Å². The number of ether oxygens (including phenoxy) is 2. The number of anilines is 1. The fourth-order valence-electron chi connectivity index (χ4n) is 3.70. The Kier molecular flexibility index (Phi) is 6.97. The summed E-state index contributed by atoms with van der Waals surface area (Å²) in [6.07, 6.45) is 0. The molecule has 0 fully saturated rings. The third-order valence-corrected chi connectivity index (χ3v) is 5.42. The third kappa shape index (κ3) is 5.12. The normalized spacial score (nSPS) is 13.6. The number of amides is 2. The van der Waals surface area contributed by atoms with E-state index >= 15 is 0 Å². The molecule has 0 saturated heterocycles. The van der Waals surface area contributed by atoms with Gasteiger partial charge < -0.3 is 14.8 Å². The van der Waals surface area contributed by atoms with Crippen LogP contribution in [0.4, 0.5) is 5.69 Å². The first-order chi connectivity index (χ1) is 16.5. The lowest BCUT2D eigenvalue weighted by Gasteiger charge is -2.15. The highest BCUT2D eigenvalue weighted by Crippen LogP contribution is 2.33. The number of rotatable bonds is 9. The molecule has 0 atom stereocenters. The van der Waals surface area contributed by atoms with Crippen LogP contribution in [-0.2, 0) is 16.1 Å². The summed E-state index contributed by atoms with van der Waals surface area (Å²) in [6, 6.07) is 24.0. The van der Waals surface area contributed by atoms with E-state index in [1.807, 2.05) is 72.8 Å². The van der Waals surface area contributed by atoms with Crippen LogP contribution in [0.25, 0.3) is 5.57 Å². The summed E-state index contributed by atoms with van der Waals surface area (Å²) in [6.45, 7) is 4.97. The van der Waals surface area contributed by atoms with Gasteiger partial charge in [-0.15, -0.1) is 0 Å². The largest absolute Gasteiger partial charge is 0.497 e. The molecule has 1 aliphatic rings. The molecule has 2 amide bonds.